The van der Waals surface area contributed by atoms with Crippen LogP contribution in [0.3, 0.4) is 0 Å². The summed E-state index contributed by atoms with van der Waals surface area (Å²) in [5.41, 5.74) is 4.19. The summed E-state index contributed by atoms with van der Waals surface area (Å²) in [4.78, 5) is 4.98. The molecule has 27 heavy (non-hydrogen) atoms. The van der Waals surface area contributed by atoms with Crippen molar-refractivity contribution in [2.75, 3.05) is 20.6 Å². The molecule has 0 aliphatic heterocycles. The molecule has 0 amide bonds. The molecular weight excluding hydrogens is 396 g/mol. The summed E-state index contributed by atoms with van der Waals surface area (Å²) in [6.45, 7) is 9.92. The normalized spacial score (nSPS) is 12.9. The van der Waals surface area contributed by atoms with Crippen LogP contribution in [-0.2, 0) is 19.5 Å². The third kappa shape index (κ3) is 7.40. The van der Waals surface area contributed by atoms with Gasteiger partial charge in [0, 0.05) is 30.1 Å². The predicted octanol–water partition coefficient (Wildman–Crippen LogP) is 5.99. The summed E-state index contributed by atoms with van der Waals surface area (Å²) < 4.78 is 1.20. The number of halogens is 1. The lowest BCUT2D eigenvalue weighted by molar-refractivity contribution is 0.127. The molecule has 148 valence electrons. The monoisotopic (exact) mass is 430 g/mol. The van der Waals surface area contributed by atoms with E-state index in [1.54, 1.807) is 0 Å². The Morgan fingerprint density at radius 1 is 0.926 bits per heavy atom. The van der Waals surface area contributed by atoms with Crippen LogP contribution in [0.4, 0.5) is 0 Å². The Bertz CT molecular complexity index is 686. The fourth-order valence-corrected chi connectivity index (χ4v) is 4.06. The number of nitrogens with zero attached hydrogens (tertiary/aromatic N) is 2. The molecule has 0 N–H and O–H groups in total. The Morgan fingerprint density at radius 2 is 1.63 bits per heavy atom. The lowest BCUT2D eigenvalue weighted by atomic mass is 10.00. The second-order valence-electron chi connectivity index (χ2n) is 8.22. The molecule has 3 heteroatoms. The zero-order valence-corrected chi connectivity index (χ0v) is 19.2. The molecule has 2 nitrogen and oxygen atoms in total. The van der Waals surface area contributed by atoms with Crippen molar-refractivity contribution in [3.05, 3.63) is 69.7 Å². The van der Waals surface area contributed by atoms with Crippen LogP contribution in [0, 0.1) is 5.92 Å². The molecule has 0 heterocycles. The van der Waals surface area contributed by atoms with Gasteiger partial charge < -0.3 is 4.90 Å². The van der Waals surface area contributed by atoms with E-state index in [0.717, 1.165) is 26.1 Å². The maximum Gasteiger partial charge on any atom is 0.0251 e. The van der Waals surface area contributed by atoms with Crippen LogP contribution < -0.4 is 0 Å². The summed E-state index contributed by atoms with van der Waals surface area (Å²) in [5, 5.41) is 0. The van der Waals surface area contributed by atoms with Gasteiger partial charge in [-0.05, 0) is 55.6 Å². The number of hydrogen-bond donors (Lipinski definition) is 0. The Kier molecular flexibility index (Phi) is 9.01. The Balaban J connectivity index is 2.31. The summed E-state index contributed by atoms with van der Waals surface area (Å²) in [7, 11) is 4.36. The highest BCUT2D eigenvalue weighted by Gasteiger charge is 2.22. The highest BCUT2D eigenvalue weighted by atomic mass is 79.9. The van der Waals surface area contributed by atoms with Crippen LogP contribution >= 0.6 is 15.9 Å². The third-order valence-electron chi connectivity index (χ3n) is 4.95. The molecule has 0 unspecified atom stereocenters. The maximum atomic E-state index is 3.75. The first-order chi connectivity index (χ1) is 12.9. The first-order valence-electron chi connectivity index (χ1n) is 10.1. The first kappa shape index (κ1) is 22.1. The minimum atomic E-state index is 0.525. The van der Waals surface area contributed by atoms with Crippen molar-refractivity contribution < 1.29 is 0 Å². The fourth-order valence-electron chi connectivity index (χ4n) is 3.65. The number of rotatable bonds is 10. The topological polar surface area (TPSA) is 6.48 Å². The zero-order valence-electron chi connectivity index (χ0n) is 17.6. The minimum absolute atomic E-state index is 0.525. The van der Waals surface area contributed by atoms with E-state index in [-0.39, 0.29) is 0 Å². The number of likely N-dealkylation sites (N-methyl/N-ethyl adjacent to an activating group) is 1. The summed E-state index contributed by atoms with van der Waals surface area (Å²) in [6, 6.07) is 18.2. The summed E-state index contributed by atoms with van der Waals surface area (Å²) >= 11 is 3.75. The van der Waals surface area contributed by atoms with Crippen LogP contribution in [0.1, 0.15) is 43.9 Å². The van der Waals surface area contributed by atoms with E-state index in [4.69, 9.17) is 0 Å². The lowest BCUT2D eigenvalue weighted by Crippen LogP contribution is -2.42. The van der Waals surface area contributed by atoms with E-state index in [2.05, 4.69) is 109 Å². The van der Waals surface area contributed by atoms with Crippen LogP contribution in [0.15, 0.2) is 53.0 Å². The van der Waals surface area contributed by atoms with Gasteiger partial charge in [0.2, 0.25) is 0 Å². The Hall–Kier alpha value is -1.16. The van der Waals surface area contributed by atoms with Crippen LogP contribution in [0.25, 0.3) is 0 Å². The third-order valence-corrected chi connectivity index (χ3v) is 5.73. The molecule has 2 aromatic carbocycles. The van der Waals surface area contributed by atoms with Gasteiger partial charge in [0.1, 0.15) is 0 Å². The fraction of sp³-hybridized carbons (Fsp3) is 0.500. The van der Waals surface area contributed by atoms with E-state index in [1.165, 1.54) is 27.6 Å². The van der Waals surface area contributed by atoms with Crippen molar-refractivity contribution >= 4 is 15.9 Å². The van der Waals surface area contributed by atoms with Crippen LogP contribution in [0.5, 0.6) is 0 Å². The van der Waals surface area contributed by atoms with Crippen molar-refractivity contribution in [1.82, 2.24) is 9.80 Å². The second kappa shape index (κ2) is 11.0. The summed E-state index contributed by atoms with van der Waals surface area (Å²) in [6.07, 6.45) is 2.29. The van der Waals surface area contributed by atoms with Gasteiger partial charge >= 0.3 is 0 Å². The largest absolute Gasteiger partial charge is 0.308 e. The van der Waals surface area contributed by atoms with Crippen molar-refractivity contribution in [2.45, 2.75) is 52.7 Å². The van der Waals surface area contributed by atoms with E-state index in [1.807, 2.05) is 0 Å². The van der Waals surface area contributed by atoms with Gasteiger partial charge in [-0.25, -0.2) is 0 Å². The number of benzene rings is 2. The van der Waals surface area contributed by atoms with E-state index >= 15 is 0 Å². The van der Waals surface area contributed by atoms with Crippen molar-refractivity contribution in [2.24, 2.45) is 5.92 Å². The van der Waals surface area contributed by atoms with Crippen LogP contribution in [0.2, 0.25) is 0 Å². The highest BCUT2D eigenvalue weighted by molar-refractivity contribution is 9.10. The minimum Gasteiger partial charge on any atom is -0.308 e. The molecule has 0 aliphatic rings. The second-order valence-corrected chi connectivity index (χ2v) is 9.07. The molecule has 2 aromatic rings. The van der Waals surface area contributed by atoms with Crippen molar-refractivity contribution in [3.63, 3.8) is 0 Å². The first-order valence-corrected chi connectivity index (χ1v) is 10.9. The van der Waals surface area contributed by atoms with Crippen molar-refractivity contribution in [3.8, 4) is 0 Å². The average molecular weight is 431 g/mol. The van der Waals surface area contributed by atoms with Gasteiger partial charge in [-0.15, -0.1) is 0 Å². The molecule has 0 spiro atoms. The van der Waals surface area contributed by atoms with Gasteiger partial charge in [-0.3, -0.25) is 4.90 Å². The van der Waals surface area contributed by atoms with E-state index < -0.39 is 0 Å². The standard InChI is InChI=1S/C24H35BrN2/c1-6-20-10-9-11-21(15-20)16-27(17-22-12-7-8-13-24(22)25)23(14-19(2)3)18-26(4)5/h7-13,15,19,23H,6,14,16-18H2,1-5H3/t23-/m0/s1. The SMILES string of the molecule is CCc1cccc(CN(Cc2ccccc2Br)[C@@H](CC(C)C)CN(C)C)c1. The predicted molar refractivity (Wildman–Crippen MR) is 121 cm³/mol. The average Bonchev–Trinajstić information content (AvgIpc) is 2.62. The molecular formula is C24H35BrN2. The molecule has 0 saturated carbocycles. The maximum absolute atomic E-state index is 3.75. The molecule has 0 aromatic heterocycles. The van der Waals surface area contributed by atoms with Crippen molar-refractivity contribution in [1.29, 1.82) is 0 Å². The Morgan fingerprint density at radius 3 is 2.26 bits per heavy atom. The lowest BCUT2D eigenvalue weighted by Gasteiger charge is -2.35. The van der Waals surface area contributed by atoms with Gasteiger partial charge in [0.05, 0.1) is 0 Å². The quantitative estimate of drug-likeness (QED) is 0.456. The van der Waals surface area contributed by atoms with Gasteiger partial charge in [0.25, 0.3) is 0 Å². The molecule has 0 bridgehead atoms. The van der Waals surface area contributed by atoms with Gasteiger partial charge in [-0.1, -0.05) is 79.2 Å². The zero-order chi connectivity index (χ0) is 19.8. The molecule has 0 fully saturated rings. The van der Waals surface area contributed by atoms with Gasteiger partial charge in [-0.2, -0.15) is 0 Å². The molecule has 0 radical (unpaired) electrons. The smallest absolute Gasteiger partial charge is 0.0251 e. The van der Waals surface area contributed by atoms with Gasteiger partial charge in [0.15, 0.2) is 0 Å². The van der Waals surface area contributed by atoms with Crippen LogP contribution in [-0.4, -0.2) is 36.5 Å². The molecule has 1 atom stereocenters. The van der Waals surface area contributed by atoms with E-state index in [0.29, 0.717) is 12.0 Å². The molecule has 2 rings (SSSR count). The highest BCUT2D eigenvalue weighted by Crippen LogP contribution is 2.23. The number of hydrogen-bond acceptors (Lipinski definition) is 2. The molecule has 0 aliphatic carbocycles. The Labute approximate surface area is 174 Å². The molecule has 0 saturated heterocycles. The summed E-state index contributed by atoms with van der Waals surface area (Å²) in [5.74, 6) is 0.679. The number of aryl methyl sites for hydroxylation is 1. The van der Waals surface area contributed by atoms with E-state index in [9.17, 15) is 0 Å².